The summed E-state index contributed by atoms with van der Waals surface area (Å²) in [5.41, 5.74) is 5.56. The largest absolute Gasteiger partial charge is 0.496 e. The summed E-state index contributed by atoms with van der Waals surface area (Å²) in [6.45, 7) is 6.33. The normalized spacial score (nSPS) is 12.0. The van der Waals surface area contributed by atoms with Crippen molar-refractivity contribution < 1.29 is 9.84 Å². The van der Waals surface area contributed by atoms with Crippen molar-refractivity contribution in [2.45, 2.75) is 33.4 Å². The average Bonchev–Trinajstić information content (AvgIpc) is 2.46. The van der Waals surface area contributed by atoms with Gasteiger partial charge >= 0.3 is 0 Å². The van der Waals surface area contributed by atoms with Crippen molar-refractivity contribution in [3.63, 3.8) is 0 Å². The number of hydrogen-bond donors (Lipinski definition) is 2. The molecule has 0 heterocycles. The number of methoxy groups -OCH3 is 1. The minimum atomic E-state index is -0.0311. The third-order valence-corrected chi connectivity index (χ3v) is 3.58. The highest BCUT2D eigenvalue weighted by Gasteiger charge is 2.09. The zero-order valence-electron chi connectivity index (χ0n) is 13.1. The van der Waals surface area contributed by atoms with Crippen LogP contribution in [0.5, 0.6) is 5.75 Å². The molecule has 0 fully saturated rings. The number of aliphatic hydroxyl groups excluding tert-OH is 1. The number of ether oxygens (including phenoxy) is 1. The highest BCUT2D eigenvalue weighted by Crippen LogP contribution is 2.26. The Hall–Kier alpha value is -2.00. The van der Waals surface area contributed by atoms with E-state index < -0.39 is 0 Å². The van der Waals surface area contributed by atoms with Crippen LogP contribution >= 0.6 is 0 Å². The zero-order chi connectivity index (χ0) is 15.4. The van der Waals surface area contributed by atoms with Gasteiger partial charge in [0.05, 0.1) is 13.7 Å². The summed E-state index contributed by atoms with van der Waals surface area (Å²) < 4.78 is 5.22. The SMILES string of the molecule is COc1ccc(NC(C)c2cc(C)cc(C)c2)cc1CO. The Morgan fingerprint density at radius 1 is 1.10 bits per heavy atom. The van der Waals surface area contributed by atoms with Gasteiger partial charge in [0.25, 0.3) is 0 Å². The molecule has 0 spiro atoms. The maximum absolute atomic E-state index is 9.39. The molecule has 2 N–H and O–H groups in total. The average molecular weight is 285 g/mol. The van der Waals surface area contributed by atoms with E-state index in [-0.39, 0.29) is 12.6 Å². The fraction of sp³-hybridized carbons (Fsp3) is 0.333. The molecule has 2 aromatic rings. The van der Waals surface area contributed by atoms with Gasteiger partial charge in [-0.25, -0.2) is 0 Å². The molecule has 0 aliphatic rings. The van der Waals surface area contributed by atoms with Crippen LogP contribution in [-0.2, 0) is 6.61 Å². The summed E-state index contributed by atoms with van der Waals surface area (Å²) in [7, 11) is 1.61. The first kappa shape index (κ1) is 15.4. The molecule has 0 amide bonds. The molecule has 2 rings (SSSR count). The molecule has 1 atom stereocenters. The maximum atomic E-state index is 9.39. The van der Waals surface area contributed by atoms with E-state index >= 15 is 0 Å². The van der Waals surface area contributed by atoms with Gasteiger partial charge in [0, 0.05) is 17.3 Å². The molecule has 0 saturated carbocycles. The monoisotopic (exact) mass is 285 g/mol. The van der Waals surface area contributed by atoms with Crippen molar-refractivity contribution in [2.24, 2.45) is 0 Å². The quantitative estimate of drug-likeness (QED) is 0.873. The Balaban J connectivity index is 2.20. The van der Waals surface area contributed by atoms with Crippen LogP contribution in [0.2, 0.25) is 0 Å². The molecule has 0 aromatic heterocycles. The lowest BCUT2D eigenvalue weighted by atomic mass is 10.0. The van der Waals surface area contributed by atoms with Crippen LogP contribution in [-0.4, -0.2) is 12.2 Å². The molecule has 2 aromatic carbocycles. The second-order valence-electron chi connectivity index (χ2n) is 5.47. The second kappa shape index (κ2) is 6.64. The van der Waals surface area contributed by atoms with Crippen LogP contribution in [0.25, 0.3) is 0 Å². The summed E-state index contributed by atoms with van der Waals surface area (Å²) in [5, 5.41) is 12.9. The smallest absolute Gasteiger partial charge is 0.124 e. The van der Waals surface area contributed by atoms with Gasteiger partial charge in [-0.05, 0) is 44.5 Å². The number of aliphatic hydroxyl groups is 1. The van der Waals surface area contributed by atoms with Crippen LogP contribution in [0.15, 0.2) is 36.4 Å². The van der Waals surface area contributed by atoms with Gasteiger partial charge in [-0.3, -0.25) is 0 Å². The summed E-state index contributed by atoms with van der Waals surface area (Å²) in [6.07, 6.45) is 0. The molecule has 3 nitrogen and oxygen atoms in total. The number of rotatable bonds is 5. The first-order valence-corrected chi connectivity index (χ1v) is 7.16. The minimum absolute atomic E-state index is 0.0311. The van der Waals surface area contributed by atoms with Crippen molar-refractivity contribution in [1.29, 1.82) is 0 Å². The van der Waals surface area contributed by atoms with Gasteiger partial charge in [-0.1, -0.05) is 29.3 Å². The number of hydrogen-bond acceptors (Lipinski definition) is 3. The van der Waals surface area contributed by atoms with Crippen molar-refractivity contribution in [1.82, 2.24) is 0 Å². The summed E-state index contributed by atoms with van der Waals surface area (Å²) in [6, 6.07) is 12.5. The molecule has 0 aliphatic heterocycles. The Bertz CT molecular complexity index is 602. The Morgan fingerprint density at radius 2 is 1.76 bits per heavy atom. The first-order valence-electron chi connectivity index (χ1n) is 7.16. The van der Waals surface area contributed by atoms with E-state index in [9.17, 15) is 5.11 Å². The number of nitrogens with one attached hydrogen (secondary N) is 1. The van der Waals surface area contributed by atoms with Crippen LogP contribution in [0.1, 0.15) is 35.2 Å². The highest BCUT2D eigenvalue weighted by molar-refractivity contribution is 5.52. The molecule has 0 saturated heterocycles. The lowest BCUT2D eigenvalue weighted by Crippen LogP contribution is -2.07. The molecule has 1 unspecified atom stereocenters. The Morgan fingerprint density at radius 3 is 2.33 bits per heavy atom. The van der Waals surface area contributed by atoms with E-state index in [4.69, 9.17) is 4.74 Å². The predicted octanol–water partition coefficient (Wildman–Crippen LogP) is 3.98. The third kappa shape index (κ3) is 3.76. The summed E-state index contributed by atoms with van der Waals surface area (Å²) in [4.78, 5) is 0. The number of aryl methyl sites for hydroxylation is 2. The first-order chi connectivity index (χ1) is 10.0. The van der Waals surface area contributed by atoms with E-state index in [0.717, 1.165) is 11.3 Å². The van der Waals surface area contributed by atoms with Crippen LogP contribution in [0.3, 0.4) is 0 Å². The summed E-state index contributed by atoms with van der Waals surface area (Å²) >= 11 is 0. The van der Waals surface area contributed by atoms with Crippen molar-refractivity contribution in [3.05, 3.63) is 58.7 Å². The van der Waals surface area contributed by atoms with Crippen LogP contribution in [0, 0.1) is 13.8 Å². The standard InChI is InChI=1S/C18H23NO2/c1-12-7-13(2)9-15(8-12)14(3)19-17-5-6-18(21-4)16(10-17)11-20/h5-10,14,19-20H,11H2,1-4H3. The molecule has 0 aliphatic carbocycles. The zero-order valence-corrected chi connectivity index (χ0v) is 13.1. The molecule has 0 bridgehead atoms. The van der Waals surface area contributed by atoms with Crippen LogP contribution < -0.4 is 10.1 Å². The topological polar surface area (TPSA) is 41.5 Å². The van der Waals surface area contributed by atoms with E-state index in [2.05, 4.69) is 44.3 Å². The Kier molecular flexibility index (Phi) is 4.86. The maximum Gasteiger partial charge on any atom is 0.124 e. The van der Waals surface area contributed by atoms with Gasteiger partial charge in [0.2, 0.25) is 0 Å². The fourth-order valence-electron chi connectivity index (χ4n) is 2.59. The van der Waals surface area contributed by atoms with E-state index in [1.807, 2.05) is 18.2 Å². The van der Waals surface area contributed by atoms with E-state index in [1.54, 1.807) is 7.11 Å². The molecular formula is C18H23NO2. The van der Waals surface area contributed by atoms with Crippen LogP contribution in [0.4, 0.5) is 5.69 Å². The molecule has 112 valence electrons. The lowest BCUT2D eigenvalue weighted by Gasteiger charge is -2.18. The van der Waals surface area contributed by atoms with Gasteiger partial charge in [0.1, 0.15) is 5.75 Å². The predicted molar refractivity (Wildman–Crippen MR) is 86.9 cm³/mol. The van der Waals surface area contributed by atoms with Crippen molar-refractivity contribution >= 4 is 5.69 Å². The van der Waals surface area contributed by atoms with Gasteiger partial charge in [0.15, 0.2) is 0 Å². The van der Waals surface area contributed by atoms with Gasteiger partial charge in [-0.15, -0.1) is 0 Å². The number of benzene rings is 2. The third-order valence-electron chi connectivity index (χ3n) is 3.58. The lowest BCUT2D eigenvalue weighted by molar-refractivity contribution is 0.274. The fourth-order valence-corrected chi connectivity index (χ4v) is 2.59. The Labute approximate surface area is 126 Å². The molecular weight excluding hydrogens is 262 g/mol. The minimum Gasteiger partial charge on any atom is -0.496 e. The molecule has 3 heteroatoms. The van der Waals surface area contributed by atoms with Crippen molar-refractivity contribution in [2.75, 3.05) is 12.4 Å². The highest BCUT2D eigenvalue weighted by atomic mass is 16.5. The van der Waals surface area contributed by atoms with Gasteiger partial charge in [-0.2, -0.15) is 0 Å². The van der Waals surface area contributed by atoms with Gasteiger partial charge < -0.3 is 15.2 Å². The molecule has 21 heavy (non-hydrogen) atoms. The van der Waals surface area contributed by atoms with E-state index in [1.165, 1.54) is 16.7 Å². The van der Waals surface area contributed by atoms with Crippen molar-refractivity contribution in [3.8, 4) is 5.75 Å². The second-order valence-corrected chi connectivity index (χ2v) is 5.47. The molecule has 0 radical (unpaired) electrons. The summed E-state index contributed by atoms with van der Waals surface area (Å²) in [5.74, 6) is 0.710. The van der Waals surface area contributed by atoms with E-state index in [0.29, 0.717) is 5.75 Å². The number of anilines is 1.